The van der Waals surface area contributed by atoms with E-state index in [0.29, 0.717) is 6.37 Å². The molecule has 3 heterocycles. The Morgan fingerprint density at radius 3 is 2.85 bits per heavy atom. The van der Waals surface area contributed by atoms with E-state index in [1.807, 2.05) is 16.7 Å². The first-order chi connectivity index (χ1) is 9.78. The molecule has 1 fully saturated rings. The lowest BCUT2D eigenvalue weighted by Crippen LogP contribution is -2.36. The molecule has 0 aromatic carbocycles. The molecule has 3 rings (SSSR count). The Labute approximate surface area is 133 Å². The average Bonchev–Trinajstić information content (AvgIpc) is 2.96. The number of aryl methyl sites for hydroxylation is 1. The summed E-state index contributed by atoms with van der Waals surface area (Å²) in [6, 6.07) is 6.28. The highest BCUT2D eigenvalue weighted by atomic mass is 127. The molecule has 1 aliphatic rings. The van der Waals surface area contributed by atoms with Crippen LogP contribution in [0.2, 0.25) is 0 Å². The summed E-state index contributed by atoms with van der Waals surface area (Å²) in [5, 5.41) is 4.33. The van der Waals surface area contributed by atoms with Crippen molar-refractivity contribution in [3.05, 3.63) is 30.0 Å². The van der Waals surface area contributed by atoms with Crippen molar-refractivity contribution in [2.24, 2.45) is 0 Å². The highest BCUT2D eigenvalue weighted by Gasteiger charge is 2.15. The Kier molecular flexibility index (Phi) is 4.53. The van der Waals surface area contributed by atoms with E-state index >= 15 is 0 Å². The van der Waals surface area contributed by atoms with Crippen LogP contribution in [0.5, 0.6) is 0 Å². The van der Waals surface area contributed by atoms with Gasteiger partial charge in [-0.2, -0.15) is 5.10 Å². The van der Waals surface area contributed by atoms with Crippen molar-refractivity contribution in [1.82, 2.24) is 14.5 Å². The minimum absolute atomic E-state index is 0.581. The van der Waals surface area contributed by atoms with Crippen LogP contribution < -0.4 is 4.90 Å². The van der Waals surface area contributed by atoms with E-state index in [9.17, 15) is 0 Å². The molecule has 0 aliphatic carbocycles. The van der Waals surface area contributed by atoms with Crippen LogP contribution in [0.1, 0.15) is 5.56 Å². The monoisotopic (exact) mass is 402 g/mol. The van der Waals surface area contributed by atoms with Crippen molar-refractivity contribution in [3.63, 3.8) is 0 Å². The van der Waals surface area contributed by atoms with E-state index in [0.717, 1.165) is 43.5 Å². The number of rotatable bonds is 3. The third-order valence-corrected chi connectivity index (χ3v) is 5.16. The van der Waals surface area contributed by atoms with Gasteiger partial charge in [-0.1, -0.05) is 0 Å². The van der Waals surface area contributed by atoms with Crippen molar-refractivity contribution >= 4 is 34.2 Å². The van der Waals surface area contributed by atoms with E-state index in [4.69, 9.17) is 9.72 Å². The number of anilines is 1. The molecule has 1 atom stereocenters. The molecule has 5 nitrogen and oxygen atoms in total. The molecule has 0 bridgehead atoms. The van der Waals surface area contributed by atoms with Gasteiger partial charge in [-0.05, 0) is 52.7 Å². The van der Waals surface area contributed by atoms with Crippen LogP contribution in [-0.2, 0) is 4.74 Å². The number of pyridine rings is 1. The number of aromatic nitrogens is 3. The molecule has 2 aromatic heterocycles. The highest BCUT2D eigenvalue weighted by molar-refractivity contribution is 14.2. The molecule has 1 aliphatic heterocycles. The molecule has 0 N–H and O–H groups in total. The normalized spacial score (nSPS) is 16.2. The standard InChI is InChI=1S/C13H16IN4OP/c1-10-8-11(12-2-3-15-18(12)20-14)16-13(9-10)17-4-6-19-7-5-17/h2-3,8-9,20H,4-7H2,1H3. The summed E-state index contributed by atoms with van der Waals surface area (Å²) in [5.74, 6) is 1.04. The molecule has 7 heteroatoms. The number of ether oxygens (including phenoxy) is 1. The topological polar surface area (TPSA) is 43.2 Å². The third kappa shape index (κ3) is 2.97. The molecule has 0 saturated carbocycles. The largest absolute Gasteiger partial charge is 0.378 e. The Hall–Kier alpha value is -0.720. The van der Waals surface area contributed by atoms with Crippen LogP contribution in [0.15, 0.2) is 24.4 Å². The molecular weight excluding hydrogens is 386 g/mol. The summed E-state index contributed by atoms with van der Waals surface area (Å²) in [4.78, 5) is 7.10. The number of hydrogen-bond acceptors (Lipinski definition) is 4. The lowest BCUT2D eigenvalue weighted by Gasteiger charge is -2.28. The van der Waals surface area contributed by atoms with Gasteiger partial charge in [0.1, 0.15) is 5.82 Å². The summed E-state index contributed by atoms with van der Waals surface area (Å²) in [5.41, 5.74) is 3.30. The first-order valence-electron chi connectivity index (χ1n) is 6.50. The summed E-state index contributed by atoms with van der Waals surface area (Å²) in [6.45, 7) is 5.48. The Morgan fingerprint density at radius 2 is 2.10 bits per heavy atom. The van der Waals surface area contributed by atoms with Gasteiger partial charge in [0.15, 0.2) is 0 Å². The van der Waals surface area contributed by atoms with Crippen molar-refractivity contribution in [2.75, 3.05) is 31.2 Å². The third-order valence-electron chi connectivity index (χ3n) is 3.28. The molecular formula is C13H16IN4OP. The van der Waals surface area contributed by atoms with E-state index in [1.54, 1.807) is 0 Å². The van der Waals surface area contributed by atoms with Crippen LogP contribution >= 0.6 is 28.4 Å². The van der Waals surface area contributed by atoms with Crippen LogP contribution in [0, 0.1) is 6.92 Å². The fourth-order valence-corrected chi connectivity index (χ4v) is 3.84. The lowest BCUT2D eigenvalue weighted by molar-refractivity contribution is 0.122. The maximum Gasteiger partial charge on any atom is 0.129 e. The number of halogens is 1. The lowest BCUT2D eigenvalue weighted by atomic mass is 10.2. The van der Waals surface area contributed by atoms with Crippen LogP contribution in [0.4, 0.5) is 5.82 Å². The van der Waals surface area contributed by atoms with Gasteiger partial charge in [0.2, 0.25) is 0 Å². The SMILES string of the molecule is Cc1cc(-c2ccnn2PI)nc(N2CCOCC2)c1. The molecule has 1 unspecified atom stereocenters. The van der Waals surface area contributed by atoms with Gasteiger partial charge in [0.25, 0.3) is 0 Å². The zero-order chi connectivity index (χ0) is 13.9. The zero-order valence-electron chi connectivity index (χ0n) is 11.2. The number of morpholine rings is 1. The summed E-state index contributed by atoms with van der Waals surface area (Å²) in [6.07, 6.45) is 2.41. The predicted octanol–water partition coefficient (Wildman–Crippen LogP) is 2.88. The Balaban J connectivity index is 1.98. The second-order valence-corrected chi connectivity index (χ2v) is 6.74. The van der Waals surface area contributed by atoms with Gasteiger partial charge >= 0.3 is 0 Å². The quantitative estimate of drug-likeness (QED) is 0.585. The second kappa shape index (κ2) is 6.37. The first-order valence-corrected chi connectivity index (χ1v) is 10.6. The van der Waals surface area contributed by atoms with Crippen molar-refractivity contribution in [1.29, 1.82) is 0 Å². The van der Waals surface area contributed by atoms with Gasteiger partial charge in [-0.25, -0.2) is 9.44 Å². The van der Waals surface area contributed by atoms with Crippen LogP contribution in [-0.4, -0.2) is 40.8 Å². The molecule has 20 heavy (non-hydrogen) atoms. The Morgan fingerprint density at radius 1 is 1.30 bits per heavy atom. The van der Waals surface area contributed by atoms with Crippen molar-refractivity contribution < 1.29 is 4.74 Å². The molecule has 2 aromatic rings. The summed E-state index contributed by atoms with van der Waals surface area (Å²) < 4.78 is 7.40. The van der Waals surface area contributed by atoms with Crippen molar-refractivity contribution in [2.45, 2.75) is 6.92 Å². The molecule has 0 spiro atoms. The van der Waals surface area contributed by atoms with Crippen LogP contribution in [0.25, 0.3) is 11.4 Å². The van der Waals surface area contributed by atoms with Crippen molar-refractivity contribution in [3.8, 4) is 11.4 Å². The van der Waals surface area contributed by atoms with E-state index in [-0.39, 0.29) is 0 Å². The first kappa shape index (κ1) is 14.2. The maximum absolute atomic E-state index is 5.41. The zero-order valence-corrected chi connectivity index (χ0v) is 14.4. The second-order valence-electron chi connectivity index (χ2n) is 4.70. The fraction of sp³-hybridized carbons (Fsp3) is 0.385. The smallest absolute Gasteiger partial charge is 0.129 e. The minimum Gasteiger partial charge on any atom is -0.378 e. The number of nitrogens with zero attached hydrogens (tertiary/aromatic N) is 4. The predicted molar refractivity (Wildman–Crippen MR) is 91.0 cm³/mol. The molecule has 0 radical (unpaired) electrons. The molecule has 106 valence electrons. The van der Waals surface area contributed by atoms with Gasteiger partial charge in [0.05, 0.1) is 31.0 Å². The van der Waals surface area contributed by atoms with E-state index in [1.165, 1.54) is 5.56 Å². The summed E-state index contributed by atoms with van der Waals surface area (Å²) in [7, 11) is 0. The van der Waals surface area contributed by atoms with Gasteiger partial charge in [0, 0.05) is 19.3 Å². The fourth-order valence-electron chi connectivity index (χ4n) is 2.30. The average molecular weight is 402 g/mol. The highest BCUT2D eigenvalue weighted by Crippen LogP contribution is 2.31. The van der Waals surface area contributed by atoms with Gasteiger partial charge < -0.3 is 9.64 Å². The molecule has 1 saturated heterocycles. The van der Waals surface area contributed by atoms with Gasteiger partial charge in [-0.15, -0.1) is 0 Å². The number of hydrogen-bond donors (Lipinski definition) is 0. The van der Waals surface area contributed by atoms with Gasteiger partial charge in [-0.3, -0.25) is 0 Å². The van der Waals surface area contributed by atoms with E-state index < -0.39 is 0 Å². The maximum atomic E-state index is 5.41. The minimum atomic E-state index is 0.581. The molecule has 0 amide bonds. The van der Waals surface area contributed by atoms with E-state index in [2.05, 4.69) is 51.1 Å². The Bertz CT molecular complexity index is 598. The van der Waals surface area contributed by atoms with Crippen LogP contribution in [0.3, 0.4) is 0 Å². The summed E-state index contributed by atoms with van der Waals surface area (Å²) >= 11 is 2.34.